The summed E-state index contributed by atoms with van der Waals surface area (Å²) in [6, 6.07) is 6.53. The van der Waals surface area contributed by atoms with Crippen molar-refractivity contribution in [2.45, 2.75) is 18.6 Å². The summed E-state index contributed by atoms with van der Waals surface area (Å²) in [7, 11) is -4.60. The summed E-state index contributed by atoms with van der Waals surface area (Å²) in [5.41, 5.74) is 1.07. The van der Waals surface area contributed by atoms with Crippen LogP contribution >= 0.6 is 0 Å². The van der Waals surface area contributed by atoms with E-state index in [2.05, 4.69) is 0 Å². The van der Waals surface area contributed by atoms with Crippen LogP contribution < -0.4 is 4.72 Å². The Bertz CT molecular complexity index is 528. The summed E-state index contributed by atoms with van der Waals surface area (Å²) in [5.74, 6) is -3.03. The van der Waals surface area contributed by atoms with Crippen molar-refractivity contribution in [1.29, 1.82) is 0 Å². The number of nitrogens with one attached hydrogen (secondary N) is 1. The minimum atomic E-state index is -4.60. The first-order chi connectivity index (χ1) is 8.97. The van der Waals surface area contributed by atoms with Gasteiger partial charge in [-0.2, -0.15) is 8.78 Å². The maximum absolute atomic E-state index is 12.3. The van der Waals surface area contributed by atoms with Crippen molar-refractivity contribution in [3.05, 3.63) is 29.8 Å². The van der Waals surface area contributed by atoms with Crippen LogP contribution in [0, 0.1) is 5.92 Å². The van der Waals surface area contributed by atoms with Gasteiger partial charge in [0.25, 0.3) is 10.0 Å². The van der Waals surface area contributed by atoms with Crippen LogP contribution in [0.1, 0.15) is 12.0 Å². The standard InChI is InChI=1S/C12H15F2NO3S/c13-12(14)19(16,17)15-11-3-1-2-9(7-11)6-10-4-5-18-8-10/h1-3,7,10,12,15H,4-6,8H2/t10-/m1/s1. The highest BCUT2D eigenvalue weighted by atomic mass is 32.2. The number of sulfonamides is 1. The van der Waals surface area contributed by atoms with Gasteiger partial charge in [-0.25, -0.2) is 8.42 Å². The lowest BCUT2D eigenvalue weighted by molar-refractivity contribution is 0.186. The highest BCUT2D eigenvalue weighted by Crippen LogP contribution is 2.21. The summed E-state index contributed by atoms with van der Waals surface area (Å²) >= 11 is 0. The Morgan fingerprint density at radius 1 is 1.42 bits per heavy atom. The molecule has 106 valence electrons. The van der Waals surface area contributed by atoms with Crippen molar-refractivity contribution < 1.29 is 21.9 Å². The van der Waals surface area contributed by atoms with Crippen molar-refractivity contribution in [2.24, 2.45) is 5.92 Å². The zero-order chi connectivity index (χ0) is 13.9. The van der Waals surface area contributed by atoms with Crippen LogP contribution in [0.25, 0.3) is 0 Å². The van der Waals surface area contributed by atoms with Gasteiger partial charge in [0.15, 0.2) is 0 Å². The van der Waals surface area contributed by atoms with Crippen molar-refractivity contribution >= 4 is 15.7 Å². The maximum Gasteiger partial charge on any atom is 0.355 e. The fourth-order valence-electron chi connectivity index (χ4n) is 2.05. The molecule has 1 N–H and O–H groups in total. The van der Waals surface area contributed by atoms with Gasteiger partial charge < -0.3 is 4.74 Å². The maximum atomic E-state index is 12.3. The number of halogens is 2. The number of benzene rings is 1. The molecule has 0 bridgehead atoms. The van der Waals surface area contributed by atoms with Crippen LogP contribution in [0.15, 0.2) is 24.3 Å². The summed E-state index contributed by atoms with van der Waals surface area (Å²) in [5, 5.41) is 0. The normalized spacial score (nSPS) is 19.8. The average molecular weight is 291 g/mol. The molecule has 0 aliphatic carbocycles. The molecule has 1 aromatic carbocycles. The number of hydrogen-bond donors (Lipinski definition) is 1. The van der Waals surface area contributed by atoms with E-state index in [1.165, 1.54) is 6.07 Å². The third-order valence-corrected chi connectivity index (χ3v) is 3.96. The van der Waals surface area contributed by atoms with Crippen LogP contribution in [0.3, 0.4) is 0 Å². The van der Waals surface area contributed by atoms with Crippen LogP contribution in [0.2, 0.25) is 0 Å². The number of hydrogen-bond acceptors (Lipinski definition) is 3. The zero-order valence-corrected chi connectivity index (χ0v) is 11.0. The quantitative estimate of drug-likeness (QED) is 0.905. The predicted octanol–water partition coefficient (Wildman–Crippen LogP) is 2.23. The molecule has 0 spiro atoms. The Balaban J connectivity index is 2.06. The Labute approximate surface area is 110 Å². The molecule has 1 heterocycles. The van der Waals surface area contributed by atoms with Crippen molar-refractivity contribution in [3.8, 4) is 0 Å². The SMILES string of the molecule is O=S(=O)(Nc1cccc(C[C@H]2CCOC2)c1)C(F)F. The second kappa shape index (κ2) is 5.83. The lowest BCUT2D eigenvalue weighted by atomic mass is 9.99. The molecule has 1 aliphatic rings. The highest BCUT2D eigenvalue weighted by Gasteiger charge is 2.23. The Kier molecular flexibility index (Phi) is 4.36. The van der Waals surface area contributed by atoms with E-state index in [-0.39, 0.29) is 5.69 Å². The fraction of sp³-hybridized carbons (Fsp3) is 0.500. The largest absolute Gasteiger partial charge is 0.381 e. The lowest BCUT2D eigenvalue weighted by Crippen LogP contribution is -2.20. The monoisotopic (exact) mass is 291 g/mol. The first-order valence-corrected chi connectivity index (χ1v) is 7.48. The van der Waals surface area contributed by atoms with E-state index in [4.69, 9.17) is 4.74 Å². The van der Waals surface area contributed by atoms with E-state index >= 15 is 0 Å². The van der Waals surface area contributed by atoms with Crippen molar-refractivity contribution in [2.75, 3.05) is 17.9 Å². The molecule has 0 aromatic heterocycles. The third kappa shape index (κ3) is 3.87. The molecule has 0 unspecified atom stereocenters. The summed E-state index contributed by atoms with van der Waals surface area (Å²) in [6.07, 6.45) is 1.72. The smallest absolute Gasteiger partial charge is 0.355 e. The molecule has 19 heavy (non-hydrogen) atoms. The van der Waals surface area contributed by atoms with Gasteiger partial charge in [-0.1, -0.05) is 12.1 Å². The van der Waals surface area contributed by atoms with Crippen LogP contribution in [0.5, 0.6) is 0 Å². The zero-order valence-electron chi connectivity index (χ0n) is 10.2. The van der Waals surface area contributed by atoms with Gasteiger partial charge in [0.1, 0.15) is 0 Å². The number of anilines is 1. The molecule has 1 fully saturated rings. The molecule has 0 radical (unpaired) electrons. The molecular formula is C12H15F2NO3S. The van der Waals surface area contributed by atoms with Gasteiger partial charge in [-0.15, -0.1) is 0 Å². The summed E-state index contributed by atoms with van der Waals surface area (Å²) < 4.78 is 53.8. The van der Waals surface area contributed by atoms with Gasteiger partial charge in [0.2, 0.25) is 0 Å². The summed E-state index contributed by atoms with van der Waals surface area (Å²) in [6.45, 7) is 1.43. The molecular weight excluding hydrogens is 276 g/mol. The molecule has 1 saturated heterocycles. The van der Waals surface area contributed by atoms with Gasteiger partial charge in [-0.3, -0.25) is 4.72 Å². The van der Waals surface area contributed by atoms with Gasteiger partial charge in [-0.05, 0) is 36.5 Å². The minimum Gasteiger partial charge on any atom is -0.381 e. The second-order valence-corrected chi connectivity index (χ2v) is 6.19. The minimum absolute atomic E-state index is 0.164. The Morgan fingerprint density at radius 2 is 2.21 bits per heavy atom. The van der Waals surface area contributed by atoms with Crippen LogP contribution in [0.4, 0.5) is 14.5 Å². The van der Waals surface area contributed by atoms with Gasteiger partial charge in [0, 0.05) is 18.9 Å². The third-order valence-electron chi connectivity index (χ3n) is 2.97. The van der Waals surface area contributed by atoms with Crippen molar-refractivity contribution in [1.82, 2.24) is 0 Å². The first-order valence-electron chi connectivity index (χ1n) is 5.94. The van der Waals surface area contributed by atoms with E-state index in [1.807, 2.05) is 10.8 Å². The average Bonchev–Trinajstić information content (AvgIpc) is 2.81. The van der Waals surface area contributed by atoms with E-state index in [0.717, 1.165) is 25.0 Å². The number of ether oxygens (including phenoxy) is 1. The molecule has 0 amide bonds. The van der Waals surface area contributed by atoms with Gasteiger partial charge >= 0.3 is 5.76 Å². The molecule has 1 aromatic rings. The van der Waals surface area contributed by atoms with Crippen LogP contribution in [-0.2, 0) is 21.2 Å². The Morgan fingerprint density at radius 3 is 2.84 bits per heavy atom. The Hall–Kier alpha value is -1.21. The molecule has 1 aliphatic heterocycles. The van der Waals surface area contributed by atoms with Crippen LogP contribution in [-0.4, -0.2) is 27.4 Å². The van der Waals surface area contributed by atoms with E-state index in [1.54, 1.807) is 12.1 Å². The topological polar surface area (TPSA) is 55.4 Å². The highest BCUT2D eigenvalue weighted by molar-refractivity contribution is 7.93. The molecule has 1 atom stereocenters. The number of rotatable bonds is 5. The van der Waals surface area contributed by atoms with E-state index in [0.29, 0.717) is 12.5 Å². The van der Waals surface area contributed by atoms with Crippen molar-refractivity contribution in [3.63, 3.8) is 0 Å². The molecule has 4 nitrogen and oxygen atoms in total. The molecule has 2 rings (SSSR count). The predicted molar refractivity (Wildman–Crippen MR) is 67.6 cm³/mol. The second-order valence-electron chi connectivity index (χ2n) is 4.54. The number of alkyl halides is 2. The van der Waals surface area contributed by atoms with E-state index < -0.39 is 15.8 Å². The fourth-order valence-corrected chi connectivity index (χ4v) is 2.59. The first kappa shape index (κ1) is 14.2. The molecule has 7 heteroatoms. The van der Waals surface area contributed by atoms with Gasteiger partial charge in [0.05, 0.1) is 0 Å². The summed E-state index contributed by atoms with van der Waals surface area (Å²) in [4.78, 5) is 0. The van der Waals surface area contributed by atoms with E-state index in [9.17, 15) is 17.2 Å². The lowest BCUT2D eigenvalue weighted by Gasteiger charge is -2.11. The molecule has 0 saturated carbocycles.